The lowest BCUT2D eigenvalue weighted by Gasteiger charge is -2.16. The van der Waals surface area contributed by atoms with Crippen LogP contribution in [0.25, 0.3) is 10.9 Å². The van der Waals surface area contributed by atoms with Crippen molar-refractivity contribution in [2.45, 2.75) is 45.6 Å². The molecule has 21 heavy (non-hydrogen) atoms. The number of fused-ring (bicyclic) bond motifs is 1. The molecule has 0 fully saturated rings. The summed E-state index contributed by atoms with van der Waals surface area (Å²) in [6.45, 7) is 4.13. The SMILES string of the molecule is CCCCC(Nc1ncnc2ccc(CC)cc12)C(=O)O. The van der Waals surface area contributed by atoms with Crippen LogP contribution in [-0.2, 0) is 11.2 Å². The summed E-state index contributed by atoms with van der Waals surface area (Å²) >= 11 is 0. The molecule has 2 N–H and O–H groups in total. The van der Waals surface area contributed by atoms with Crippen LogP contribution in [0.5, 0.6) is 0 Å². The van der Waals surface area contributed by atoms with Crippen LogP contribution in [0.4, 0.5) is 5.82 Å². The number of anilines is 1. The highest BCUT2D eigenvalue weighted by Crippen LogP contribution is 2.22. The van der Waals surface area contributed by atoms with Crippen molar-refractivity contribution in [1.29, 1.82) is 0 Å². The summed E-state index contributed by atoms with van der Waals surface area (Å²) in [4.78, 5) is 19.8. The van der Waals surface area contributed by atoms with Gasteiger partial charge in [0, 0.05) is 5.39 Å². The Bertz CT molecular complexity index is 628. The van der Waals surface area contributed by atoms with Gasteiger partial charge in [0.15, 0.2) is 0 Å². The molecule has 0 saturated carbocycles. The number of nitrogens with zero attached hydrogens (tertiary/aromatic N) is 2. The van der Waals surface area contributed by atoms with Crippen molar-refractivity contribution in [2.24, 2.45) is 0 Å². The van der Waals surface area contributed by atoms with Crippen molar-refractivity contribution in [1.82, 2.24) is 9.97 Å². The van der Waals surface area contributed by atoms with Gasteiger partial charge in [0.2, 0.25) is 0 Å². The average molecular weight is 287 g/mol. The van der Waals surface area contributed by atoms with Gasteiger partial charge in [0.25, 0.3) is 0 Å². The van der Waals surface area contributed by atoms with Crippen LogP contribution < -0.4 is 5.32 Å². The lowest BCUT2D eigenvalue weighted by atomic mass is 10.1. The number of nitrogens with one attached hydrogen (secondary N) is 1. The summed E-state index contributed by atoms with van der Waals surface area (Å²) in [5.74, 6) is -0.249. The molecule has 5 heteroatoms. The highest BCUT2D eigenvalue weighted by Gasteiger charge is 2.18. The summed E-state index contributed by atoms with van der Waals surface area (Å²) in [6, 6.07) is 5.39. The number of aliphatic carboxylic acids is 1. The topological polar surface area (TPSA) is 75.1 Å². The molecule has 0 aliphatic rings. The summed E-state index contributed by atoms with van der Waals surface area (Å²) in [7, 11) is 0. The summed E-state index contributed by atoms with van der Waals surface area (Å²) in [5.41, 5.74) is 2.00. The first-order valence-corrected chi connectivity index (χ1v) is 7.38. The minimum atomic E-state index is -0.846. The number of hydrogen-bond acceptors (Lipinski definition) is 4. The maximum atomic E-state index is 11.4. The molecule has 0 radical (unpaired) electrons. The number of benzene rings is 1. The Morgan fingerprint density at radius 2 is 2.14 bits per heavy atom. The molecule has 0 amide bonds. The Labute approximate surface area is 124 Å². The third kappa shape index (κ3) is 3.68. The van der Waals surface area contributed by atoms with Crippen molar-refractivity contribution in [2.75, 3.05) is 5.32 Å². The number of aromatic nitrogens is 2. The predicted molar refractivity (Wildman–Crippen MR) is 83.5 cm³/mol. The van der Waals surface area contributed by atoms with E-state index < -0.39 is 12.0 Å². The zero-order valence-electron chi connectivity index (χ0n) is 12.5. The minimum Gasteiger partial charge on any atom is -0.480 e. The summed E-state index contributed by atoms with van der Waals surface area (Å²) in [6.07, 6.45) is 4.81. The highest BCUT2D eigenvalue weighted by molar-refractivity contribution is 5.91. The van der Waals surface area contributed by atoms with E-state index in [4.69, 9.17) is 0 Å². The zero-order chi connectivity index (χ0) is 15.2. The molecule has 1 unspecified atom stereocenters. The number of carbonyl (C=O) groups is 1. The van der Waals surface area contributed by atoms with Crippen LogP contribution in [0, 0.1) is 0 Å². The first-order chi connectivity index (χ1) is 10.2. The standard InChI is InChI=1S/C16H21N3O2/c1-3-5-6-14(16(20)21)19-15-12-9-11(4-2)7-8-13(12)17-10-18-15/h7-10,14H,3-6H2,1-2H3,(H,20,21)(H,17,18,19). The third-order valence-corrected chi connectivity index (χ3v) is 3.56. The lowest BCUT2D eigenvalue weighted by molar-refractivity contribution is -0.138. The van der Waals surface area contributed by atoms with E-state index in [-0.39, 0.29) is 0 Å². The van der Waals surface area contributed by atoms with E-state index in [1.54, 1.807) is 0 Å². The molecule has 1 atom stereocenters. The van der Waals surface area contributed by atoms with Crippen LogP contribution in [-0.4, -0.2) is 27.1 Å². The molecule has 0 aliphatic carbocycles. The fourth-order valence-corrected chi connectivity index (χ4v) is 2.27. The summed E-state index contributed by atoms with van der Waals surface area (Å²) < 4.78 is 0. The van der Waals surface area contributed by atoms with Gasteiger partial charge >= 0.3 is 5.97 Å². The first-order valence-electron chi connectivity index (χ1n) is 7.38. The molecule has 2 aromatic rings. The van der Waals surface area contributed by atoms with Crippen molar-refractivity contribution in [3.63, 3.8) is 0 Å². The molecule has 1 heterocycles. The molecule has 0 bridgehead atoms. The van der Waals surface area contributed by atoms with Crippen LogP contribution in [0.1, 0.15) is 38.7 Å². The second kappa shape index (κ2) is 7.02. The minimum absolute atomic E-state index is 0.588. The average Bonchev–Trinajstić information content (AvgIpc) is 2.50. The van der Waals surface area contributed by atoms with Crippen LogP contribution >= 0.6 is 0 Å². The second-order valence-corrected chi connectivity index (χ2v) is 5.10. The van der Waals surface area contributed by atoms with E-state index in [1.165, 1.54) is 11.9 Å². The molecular formula is C16H21N3O2. The number of carboxylic acid groups (broad SMARTS) is 1. The second-order valence-electron chi connectivity index (χ2n) is 5.10. The van der Waals surface area contributed by atoms with Crippen LogP contribution in [0.3, 0.4) is 0 Å². The molecular weight excluding hydrogens is 266 g/mol. The van der Waals surface area contributed by atoms with Crippen molar-refractivity contribution in [3.8, 4) is 0 Å². The Morgan fingerprint density at radius 1 is 1.33 bits per heavy atom. The van der Waals surface area contributed by atoms with Crippen molar-refractivity contribution in [3.05, 3.63) is 30.1 Å². The normalized spacial score (nSPS) is 12.3. The maximum absolute atomic E-state index is 11.4. The Morgan fingerprint density at radius 3 is 2.81 bits per heavy atom. The fraction of sp³-hybridized carbons (Fsp3) is 0.438. The van der Waals surface area contributed by atoms with Crippen molar-refractivity contribution < 1.29 is 9.90 Å². The van der Waals surface area contributed by atoms with E-state index in [9.17, 15) is 9.90 Å². The molecule has 0 spiro atoms. The highest BCUT2D eigenvalue weighted by atomic mass is 16.4. The first kappa shape index (κ1) is 15.2. The molecule has 0 aliphatic heterocycles. The van der Waals surface area contributed by atoms with Gasteiger partial charge in [-0.3, -0.25) is 0 Å². The fourth-order valence-electron chi connectivity index (χ4n) is 2.27. The molecule has 5 nitrogen and oxygen atoms in total. The quantitative estimate of drug-likeness (QED) is 0.817. The predicted octanol–water partition coefficient (Wildman–Crippen LogP) is 3.25. The molecule has 1 aromatic carbocycles. The van der Waals surface area contributed by atoms with Gasteiger partial charge in [-0.15, -0.1) is 0 Å². The Hall–Kier alpha value is -2.17. The Balaban J connectivity index is 2.33. The van der Waals surface area contributed by atoms with E-state index in [2.05, 4.69) is 22.2 Å². The Kier molecular flexibility index (Phi) is 5.09. The number of aryl methyl sites for hydroxylation is 1. The summed E-state index contributed by atoms with van der Waals surface area (Å²) in [5, 5.41) is 13.3. The van der Waals surface area contributed by atoms with Gasteiger partial charge in [0.05, 0.1) is 5.52 Å². The smallest absolute Gasteiger partial charge is 0.326 e. The number of rotatable bonds is 7. The van der Waals surface area contributed by atoms with E-state index in [1.807, 2.05) is 25.1 Å². The third-order valence-electron chi connectivity index (χ3n) is 3.56. The van der Waals surface area contributed by atoms with Gasteiger partial charge in [-0.05, 0) is 30.5 Å². The lowest BCUT2D eigenvalue weighted by Crippen LogP contribution is -2.29. The largest absolute Gasteiger partial charge is 0.480 e. The molecule has 112 valence electrons. The number of carboxylic acids is 1. The van der Waals surface area contributed by atoms with Gasteiger partial charge in [-0.2, -0.15) is 0 Å². The molecule has 1 aromatic heterocycles. The molecule has 2 rings (SSSR count). The van der Waals surface area contributed by atoms with Gasteiger partial charge in [-0.1, -0.05) is 32.8 Å². The van der Waals surface area contributed by atoms with Gasteiger partial charge < -0.3 is 10.4 Å². The van der Waals surface area contributed by atoms with Gasteiger partial charge in [0.1, 0.15) is 18.2 Å². The van der Waals surface area contributed by atoms with Crippen LogP contribution in [0.15, 0.2) is 24.5 Å². The van der Waals surface area contributed by atoms with E-state index in [0.29, 0.717) is 12.2 Å². The van der Waals surface area contributed by atoms with Crippen molar-refractivity contribution >= 4 is 22.7 Å². The van der Waals surface area contributed by atoms with Crippen LogP contribution in [0.2, 0.25) is 0 Å². The molecule has 0 saturated heterocycles. The maximum Gasteiger partial charge on any atom is 0.326 e. The number of hydrogen-bond donors (Lipinski definition) is 2. The van der Waals surface area contributed by atoms with E-state index >= 15 is 0 Å². The number of unbranched alkanes of at least 4 members (excludes halogenated alkanes) is 1. The monoisotopic (exact) mass is 287 g/mol. The van der Waals surface area contributed by atoms with E-state index in [0.717, 1.165) is 30.2 Å². The zero-order valence-corrected chi connectivity index (χ0v) is 12.5. The van der Waals surface area contributed by atoms with Gasteiger partial charge in [-0.25, -0.2) is 14.8 Å².